The first-order valence-corrected chi connectivity index (χ1v) is 12.9. The van der Waals surface area contributed by atoms with Crippen molar-refractivity contribution in [2.45, 2.75) is 19.8 Å². The van der Waals surface area contributed by atoms with Crippen LogP contribution in [0, 0.1) is 0 Å². The highest BCUT2D eigenvalue weighted by Gasteiger charge is 2.19. The zero-order valence-corrected chi connectivity index (χ0v) is 20.5. The molecule has 3 aromatic heterocycles. The molecule has 0 radical (unpaired) electrons. The van der Waals surface area contributed by atoms with Crippen LogP contribution < -0.4 is 0 Å². The molecule has 0 saturated carbocycles. The molecule has 0 aliphatic heterocycles. The van der Waals surface area contributed by atoms with E-state index in [-0.39, 0.29) is 0 Å². The van der Waals surface area contributed by atoms with Gasteiger partial charge >= 0.3 is 0 Å². The number of thiophene rings is 1. The van der Waals surface area contributed by atoms with Crippen LogP contribution in [0.2, 0.25) is 0 Å². The Bertz CT molecular complexity index is 1860. The zero-order valence-electron chi connectivity index (χ0n) is 19.7. The molecule has 0 amide bonds. The van der Waals surface area contributed by atoms with E-state index in [1.54, 1.807) is 0 Å². The van der Waals surface area contributed by atoms with Gasteiger partial charge in [0, 0.05) is 36.8 Å². The van der Waals surface area contributed by atoms with Gasteiger partial charge in [-0.2, -0.15) is 0 Å². The molecule has 4 aromatic carbocycles. The molecule has 7 aromatic rings. The summed E-state index contributed by atoms with van der Waals surface area (Å²) in [4.78, 5) is 5.22. The zero-order chi connectivity index (χ0) is 23.5. The van der Waals surface area contributed by atoms with Gasteiger partial charge in [-0.3, -0.25) is 0 Å². The highest BCUT2D eigenvalue weighted by molar-refractivity contribution is 7.26. The maximum Gasteiger partial charge on any atom is 0.0971 e. The van der Waals surface area contributed by atoms with E-state index < -0.39 is 0 Å². The van der Waals surface area contributed by atoms with Gasteiger partial charge in [-0.25, -0.2) is 4.98 Å². The van der Waals surface area contributed by atoms with Crippen LogP contribution in [0.3, 0.4) is 0 Å². The molecule has 168 valence electrons. The van der Waals surface area contributed by atoms with Crippen molar-refractivity contribution in [3.05, 3.63) is 109 Å². The number of nitrogens with zero attached hydrogens (tertiary/aromatic N) is 2. The molecule has 7 rings (SSSR count). The van der Waals surface area contributed by atoms with Crippen LogP contribution in [-0.2, 0) is 0 Å². The first-order chi connectivity index (χ1) is 17.2. The Morgan fingerprint density at radius 2 is 1.46 bits per heavy atom. The lowest BCUT2D eigenvalue weighted by atomic mass is 10.0. The molecule has 2 nitrogen and oxygen atoms in total. The second-order valence-electron chi connectivity index (χ2n) is 9.44. The molecule has 0 spiro atoms. The average molecular weight is 469 g/mol. The minimum absolute atomic E-state index is 0.504. The van der Waals surface area contributed by atoms with Crippen molar-refractivity contribution in [1.82, 2.24) is 9.55 Å². The second-order valence-corrected chi connectivity index (χ2v) is 10.5. The third kappa shape index (κ3) is 3.12. The Balaban J connectivity index is 1.63. The molecular formula is C32H24N2S. The third-order valence-electron chi connectivity index (χ3n) is 7.00. The Hall–Kier alpha value is -3.95. The van der Waals surface area contributed by atoms with Gasteiger partial charge in [0.25, 0.3) is 0 Å². The van der Waals surface area contributed by atoms with Crippen molar-refractivity contribution in [1.29, 1.82) is 0 Å². The van der Waals surface area contributed by atoms with Crippen LogP contribution in [0.5, 0.6) is 0 Å². The lowest BCUT2D eigenvalue weighted by Crippen LogP contribution is -1.96. The van der Waals surface area contributed by atoms with Crippen LogP contribution in [0.25, 0.3) is 59.1 Å². The Labute approximate surface area is 208 Å². The summed E-state index contributed by atoms with van der Waals surface area (Å²) in [6, 6.07) is 37.1. The highest BCUT2D eigenvalue weighted by Crippen LogP contribution is 2.43. The normalized spacial score (nSPS) is 12.0. The fourth-order valence-electron chi connectivity index (χ4n) is 5.22. The first-order valence-electron chi connectivity index (χ1n) is 12.1. The maximum absolute atomic E-state index is 5.22. The third-order valence-corrected chi connectivity index (χ3v) is 8.13. The fourth-order valence-corrected chi connectivity index (χ4v) is 6.33. The monoisotopic (exact) mass is 468 g/mol. The summed E-state index contributed by atoms with van der Waals surface area (Å²) >= 11 is 1.86. The van der Waals surface area contributed by atoms with Crippen molar-refractivity contribution >= 4 is 53.4 Å². The predicted molar refractivity (Wildman–Crippen MR) is 151 cm³/mol. The quantitative estimate of drug-likeness (QED) is 0.253. The SMILES string of the molecule is CC(C)c1ccc(-n2c3ccc(-c4ccccc4)nc3c3ccc4sc5ccccc5c4c32)cc1. The van der Waals surface area contributed by atoms with Gasteiger partial charge in [0.1, 0.15) is 0 Å². The maximum atomic E-state index is 5.22. The van der Waals surface area contributed by atoms with E-state index in [9.17, 15) is 0 Å². The Morgan fingerprint density at radius 1 is 0.686 bits per heavy atom. The second kappa shape index (κ2) is 7.79. The molecule has 0 fully saturated rings. The molecule has 0 saturated heterocycles. The molecule has 0 aliphatic rings. The number of benzene rings is 4. The lowest BCUT2D eigenvalue weighted by molar-refractivity contribution is 0.866. The molecule has 35 heavy (non-hydrogen) atoms. The van der Waals surface area contributed by atoms with Crippen LogP contribution in [0.4, 0.5) is 0 Å². The van der Waals surface area contributed by atoms with Gasteiger partial charge in [-0.1, -0.05) is 74.5 Å². The van der Waals surface area contributed by atoms with E-state index in [1.165, 1.54) is 42.3 Å². The summed E-state index contributed by atoms with van der Waals surface area (Å²) in [5.41, 5.74) is 8.09. The molecule has 0 unspecified atom stereocenters. The van der Waals surface area contributed by atoms with E-state index in [1.807, 2.05) is 17.4 Å². The van der Waals surface area contributed by atoms with Crippen molar-refractivity contribution in [2.24, 2.45) is 0 Å². The van der Waals surface area contributed by atoms with Gasteiger partial charge in [0.05, 0.1) is 22.2 Å². The number of fused-ring (bicyclic) bond motifs is 7. The molecule has 3 heterocycles. The minimum Gasteiger partial charge on any atom is -0.307 e. The summed E-state index contributed by atoms with van der Waals surface area (Å²) in [5.74, 6) is 0.504. The predicted octanol–water partition coefficient (Wildman–Crippen LogP) is 9.34. The van der Waals surface area contributed by atoms with Gasteiger partial charge in [-0.15, -0.1) is 11.3 Å². The fraction of sp³-hybridized carbons (Fsp3) is 0.0938. The first kappa shape index (κ1) is 20.4. The Morgan fingerprint density at radius 3 is 2.26 bits per heavy atom. The molecular weight excluding hydrogens is 444 g/mol. The highest BCUT2D eigenvalue weighted by atomic mass is 32.1. The van der Waals surface area contributed by atoms with E-state index in [4.69, 9.17) is 4.98 Å². The van der Waals surface area contributed by atoms with Gasteiger partial charge in [0.15, 0.2) is 0 Å². The van der Waals surface area contributed by atoms with E-state index in [0.717, 1.165) is 22.3 Å². The number of pyridine rings is 1. The smallest absolute Gasteiger partial charge is 0.0971 e. The number of hydrogen-bond acceptors (Lipinski definition) is 2. The van der Waals surface area contributed by atoms with Crippen LogP contribution in [0.15, 0.2) is 103 Å². The van der Waals surface area contributed by atoms with E-state index in [2.05, 4.69) is 115 Å². The van der Waals surface area contributed by atoms with Gasteiger partial charge in [0.2, 0.25) is 0 Å². The van der Waals surface area contributed by atoms with Crippen molar-refractivity contribution in [3.8, 4) is 16.9 Å². The minimum atomic E-state index is 0.504. The molecule has 0 aliphatic carbocycles. The summed E-state index contributed by atoms with van der Waals surface area (Å²) in [6.07, 6.45) is 0. The van der Waals surface area contributed by atoms with Crippen LogP contribution in [0.1, 0.15) is 25.3 Å². The summed E-state index contributed by atoms with van der Waals surface area (Å²) in [5, 5.41) is 3.82. The molecule has 3 heteroatoms. The van der Waals surface area contributed by atoms with Crippen molar-refractivity contribution in [2.75, 3.05) is 0 Å². The van der Waals surface area contributed by atoms with Gasteiger partial charge in [-0.05, 0) is 53.9 Å². The van der Waals surface area contributed by atoms with Crippen LogP contribution in [-0.4, -0.2) is 9.55 Å². The lowest BCUT2D eigenvalue weighted by Gasteiger charge is -2.11. The largest absolute Gasteiger partial charge is 0.307 e. The van der Waals surface area contributed by atoms with Crippen molar-refractivity contribution in [3.63, 3.8) is 0 Å². The Kier molecular flexibility index (Phi) is 4.55. The number of aromatic nitrogens is 2. The average Bonchev–Trinajstić information content (AvgIpc) is 3.44. The standard InChI is InChI=1S/C32H24N2S/c1-20(2)21-12-14-23(15-13-21)34-27-18-17-26(22-8-4-3-5-9-22)33-31(27)25-16-19-29-30(32(25)34)24-10-6-7-11-28(24)35-29/h3-20H,1-2H3. The summed E-state index contributed by atoms with van der Waals surface area (Å²) in [7, 11) is 0. The summed E-state index contributed by atoms with van der Waals surface area (Å²) < 4.78 is 5.04. The molecule has 0 N–H and O–H groups in total. The molecule has 0 bridgehead atoms. The van der Waals surface area contributed by atoms with Crippen LogP contribution >= 0.6 is 11.3 Å². The number of rotatable bonds is 3. The number of hydrogen-bond donors (Lipinski definition) is 0. The molecule has 0 atom stereocenters. The van der Waals surface area contributed by atoms with Crippen molar-refractivity contribution < 1.29 is 0 Å². The topological polar surface area (TPSA) is 17.8 Å². The van der Waals surface area contributed by atoms with E-state index >= 15 is 0 Å². The van der Waals surface area contributed by atoms with Gasteiger partial charge < -0.3 is 4.57 Å². The summed E-state index contributed by atoms with van der Waals surface area (Å²) in [6.45, 7) is 4.48. The van der Waals surface area contributed by atoms with E-state index in [0.29, 0.717) is 5.92 Å².